The quantitative estimate of drug-likeness (QED) is 0.797. The summed E-state index contributed by atoms with van der Waals surface area (Å²) in [6, 6.07) is 0. The van der Waals surface area contributed by atoms with Crippen LogP contribution in [0.3, 0.4) is 0 Å². The van der Waals surface area contributed by atoms with Gasteiger partial charge in [0.2, 0.25) is 0 Å². The summed E-state index contributed by atoms with van der Waals surface area (Å²) in [5, 5.41) is 0. The molecule has 0 aliphatic rings. The van der Waals surface area contributed by atoms with Gasteiger partial charge in [0, 0.05) is 13.2 Å². The monoisotopic (exact) mass is 299 g/mol. The van der Waals surface area contributed by atoms with Crippen LogP contribution in [-0.2, 0) is 0 Å². The highest BCUT2D eigenvalue weighted by Gasteiger charge is 2.11. The van der Waals surface area contributed by atoms with Crippen LogP contribution in [0.4, 0.5) is 14.6 Å². The number of anilines is 1. The normalized spacial score (nSPS) is 10.5. The van der Waals surface area contributed by atoms with Crippen molar-refractivity contribution in [2.75, 3.05) is 18.5 Å². The first-order valence-electron chi connectivity index (χ1n) is 3.56. The lowest BCUT2D eigenvalue weighted by Gasteiger charge is -2.17. The average molecular weight is 299 g/mol. The first kappa shape index (κ1) is 10.6. The third-order valence-corrected chi connectivity index (χ3v) is 2.18. The van der Waals surface area contributed by atoms with E-state index in [1.54, 1.807) is 13.2 Å². The molecule has 0 bridgehead atoms. The van der Waals surface area contributed by atoms with Crippen molar-refractivity contribution in [2.24, 2.45) is 0 Å². The van der Waals surface area contributed by atoms with Gasteiger partial charge in [-0.1, -0.05) is 0 Å². The zero-order valence-corrected chi connectivity index (χ0v) is 9.07. The molecule has 0 amide bonds. The Kier molecular flexibility index (Phi) is 3.76. The standard InChI is InChI=1S/C7H8F2IN3/c1-13(3-6(8)9)7-5(10)2-11-4-12-7/h2,4,6H,3H2,1H3. The molecule has 72 valence electrons. The van der Waals surface area contributed by atoms with Crippen molar-refractivity contribution in [1.82, 2.24) is 9.97 Å². The summed E-state index contributed by atoms with van der Waals surface area (Å²) in [4.78, 5) is 9.09. The maximum atomic E-state index is 12.0. The summed E-state index contributed by atoms with van der Waals surface area (Å²) in [5.74, 6) is 0.538. The largest absolute Gasteiger partial charge is 0.353 e. The summed E-state index contributed by atoms with van der Waals surface area (Å²) in [7, 11) is 1.58. The molecule has 1 rings (SSSR count). The van der Waals surface area contributed by atoms with Crippen LogP contribution in [-0.4, -0.2) is 30.0 Å². The molecule has 0 saturated carbocycles. The molecule has 0 unspecified atom stereocenters. The molecular formula is C7H8F2IN3. The van der Waals surface area contributed by atoms with Crippen molar-refractivity contribution in [3.05, 3.63) is 16.1 Å². The van der Waals surface area contributed by atoms with Gasteiger partial charge in [0.15, 0.2) is 0 Å². The van der Waals surface area contributed by atoms with Crippen LogP contribution in [0.25, 0.3) is 0 Å². The number of halogens is 3. The smallest absolute Gasteiger partial charge is 0.255 e. The lowest BCUT2D eigenvalue weighted by atomic mass is 10.5. The molecule has 13 heavy (non-hydrogen) atoms. The Hall–Kier alpha value is -0.530. The van der Waals surface area contributed by atoms with E-state index in [2.05, 4.69) is 9.97 Å². The number of aromatic nitrogens is 2. The Morgan fingerprint density at radius 3 is 2.85 bits per heavy atom. The van der Waals surface area contributed by atoms with E-state index in [9.17, 15) is 8.78 Å². The maximum Gasteiger partial charge on any atom is 0.255 e. The molecule has 0 N–H and O–H groups in total. The Balaban J connectivity index is 2.76. The molecule has 1 aromatic rings. The van der Waals surface area contributed by atoms with Crippen molar-refractivity contribution in [1.29, 1.82) is 0 Å². The van der Waals surface area contributed by atoms with E-state index in [-0.39, 0.29) is 6.54 Å². The van der Waals surface area contributed by atoms with E-state index in [0.29, 0.717) is 5.82 Å². The van der Waals surface area contributed by atoms with Crippen molar-refractivity contribution >= 4 is 28.4 Å². The number of rotatable bonds is 3. The highest BCUT2D eigenvalue weighted by Crippen LogP contribution is 2.17. The fourth-order valence-electron chi connectivity index (χ4n) is 0.881. The summed E-state index contributed by atoms with van der Waals surface area (Å²) in [6.45, 7) is -0.312. The molecule has 0 radical (unpaired) electrons. The van der Waals surface area contributed by atoms with Crippen LogP contribution < -0.4 is 4.90 Å². The molecule has 0 aliphatic carbocycles. The van der Waals surface area contributed by atoms with E-state index in [4.69, 9.17) is 0 Å². The molecule has 0 atom stereocenters. The van der Waals surface area contributed by atoms with E-state index in [1.165, 1.54) is 11.2 Å². The van der Waals surface area contributed by atoms with E-state index < -0.39 is 6.43 Å². The number of hydrogen-bond donors (Lipinski definition) is 0. The van der Waals surface area contributed by atoms with Gasteiger partial charge in [-0.05, 0) is 22.6 Å². The number of alkyl halides is 2. The van der Waals surface area contributed by atoms with E-state index in [1.807, 2.05) is 22.6 Å². The Bertz CT molecular complexity index is 282. The van der Waals surface area contributed by atoms with Crippen LogP contribution in [0.1, 0.15) is 0 Å². The Morgan fingerprint density at radius 2 is 2.31 bits per heavy atom. The molecule has 0 fully saturated rings. The van der Waals surface area contributed by atoms with Gasteiger partial charge in [0.05, 0.1) is 10.1 Å². The van der Waals surface area contributed by atoms with Crippen LogP contribution in [0, 0.1) is 3.57 Å². The van der Waals surface area contributed by atoms with E-state index >= 15 is 0 Å². The van der Waals surface area contributed by atoms with Gasteiger partial charge < -0.3 is 4.90 Å². The summed E-state index contributed by atoms with van der Waals surface area (Å²) < 4.78 is 24.8. The highest BCUT2D eigenvalue weighted by atomic mass is 127. The minimum atomic E-state index is -2.35. The van der Waals surface area contributed by atoms with Gasteiger partial charge in [-0.2, -0.15) is 0 Å². The second-order valence-corrected chi connectivity index (χ2v) is 3.63. The van der Waals surface area contributed by atoms with Crippen molar-refractivity contribution in [3.63, 3.8) is 0 Å². The molecule has 1 aromatic heterocycles. The molecule has 1 heterocycles. The highest BCUT2D eigenvalue weighted by molar-refractivity contribution is 14.1. The first-order chi connectivity index (χ1) is 6.11. The molecule has 0 aromatic carbocycles. The third-order valence-electron chi connectivity index (χ3n) is 1.42. The molecule has 0 saturated heterocycles. The van der Waals surface area contributed by atoms with Crippen molar-refractivity contribution in [3.8, 4) is 0 Å². The predicted octanol–water partition coefficient (Wildman–Crippen LogP) is 1.78. The van der Waals surface area contributed by atoms with Crippen LogP contribution >= 0.6 is 22.6 Å². The van der Waals surface area contributed by atoms with Crippen molar-refractivity contribution in [2.45, 2.75) is 6.43 Å². The van der Waals surface area contributed by atoms with Gasteiger partial charge >= 0.3 is 0 Å². The second-order valence-electron chi connectivity index (χ2n) is 2.47. The minimum Gasteiger partial charge on any atom is -0.353 e. The van der Waals surface area contributed by atoms with Crippen LogP contribution in [0.15, 0.2) is 12.5 Å². The maximum absolute atomic E-state index is 12.0. The average Bonchev–Trinajstić information content (AvgIpc) is 2.03. The third kappa shape index (κ3) is 3.02. The number of nitrogens with zero attached hydrogens (tertiary/aromatic N) is 3. The van der Waals surface area contributed by atoms with Gasteiger partial charge in [-0.25, -0.2) is 18.7 Å². The summed E-state index contributed by atoms with van der Waals surface area (Å²) in [6.07, 6.45) is 0.584. The lowest BCUT2D eigenvalue weighted by Crippen LogP contribution is -2.25. The summed E-state index contributed by atoms with van der Waals surface area (Å²) >= 11 is 2.01. The molecule has 6 heteroatoms. The predicted molar refractivity (Wildman–Crippen MR) is 54.0 cm³/mol. The van der Waals surface area contributed by atoms with Crippen LogP contribution in [0.5, 0.6) is 0 Å². The Morgan fingerprint density at radius 1 is 1.62 bits per heavy atom. The lowest BCUT2D eigenvalue weighted by molar-refractivity contribution is 0.156. The number of hydrogen-bond acceptors (Lipinski definition) is 3. The van der Waals surface area contributed by atoms with E-state index in [0.717, 1.165) is 3.57 Å². The second kappa shape index (κ2) is 4.64. The molecule has 0 spiro atoms. The first-order valence-corrected chi connectivity index (χ1v) is 4.64. The van der Waals surface area contributed by atoms with Gasteiger partial charge in [0.1, 0.15) is 12.1 Å². The topological polar surface area (TPSA) is 29.0 Å². The molecule has 0 aliphatic heterocycles. The zero-order chi connectivity index (χ0) is 9.84. The van der Waals surface area contributed by atoms with Gasteiger partial charge in [0.25, 0.3) is 6.43 Å². The van der Waals surface area contributed by atoms with Gasteiger partial charge in [-0.3, -0.25) is 0 Å². The Labute approximate surface area is 88.3 Å². The molecular weight excluding hydrogens is 291 g/mol. The van der Waals surface area contributed by atoms with Gasteiger partial charge in [-0.15, -0.1) is 0 Å². The fraction of sp³-hybridized carbons (Fsp3) is 0.429. The summed E-state index contributed by atoms with van der Waals surface area (Å²) in [5.41, 5.74) is 0. The van der Waals surface area contributed by atoms with Crippen molar-refractivity contribution < 1.29 is 8.78 Å². The molecule has 3 nitrogen and oxygen atoms in total. The van der Waals surface area contributed by atoms with Crippen LogP contribution in [0.2, 0.25) is 0 Å². The zero-order valence-electron chi connectivity index (χ0n) is 6.91. The minimum absolute atomic E-state index is 0.312. The SMILES string of the molecule is CN(CC(F)F)c1ncncc1I. The fourth-order valence-corrected chi connectivity index (χ4v) is 1.59.